The third-order valence-electron chi connectivity index (χ3n) is 5.32. The fourth-order valence-corrected chi connectivity index (χ4v) is 4.82. The molecule has 1 fully saturated rings. The van der Waals surface area contributed by atoms with E-state index in [1.165, 1.54) is 30.8 Å². The standard InChI is InChI=1S/C19H29N7S/c1-2-20-19(22-14-18-24-23-17-8-5-11-26(17)18)21-13-15(16-7-6-12-27-16)25-9-3-4-10-25/h6-7,12,15H,2-5,8-11,13-14H2,1H3,(H2,20,21,22). The van der Waals surface area contributed by atoms with Gasteiger partial charge >= 0.3 is 0 Å². The number of likely N-dealkylation sites (tertiary alicyclic amines) is 1. The summed E-state index contributed by atoms with van der Waals surface area (Å²) in [5.74, 6) is 2.92. The number of fused-ring (bicyclic) bond motifs is 1. The van der Waals surface area contributed by atoms with Gasteiger partial charge in [0.25, 0.3) is 0 Å². The van der Waals surface area contributed by atoms with E-state index in [-0.39, 0.29) is 0 Å². The molecule has 0 amide bonds. The van der Waals surface area contributed by atoms with Crippen molar-refractivity contribution >= 4 is 17.3 Å². The Morgan fingerprint density at radius 3 is 2.89 bits per heavy atom. The largest absolute Gasteiger partial charge is 0.357 e. The summed E-state index contributed by atoms with van der Waals surface area (Å²) in [6.07, 6.45) is 4.80. The highest BCUT2D eigenvalue weighted by atomic mass is 32.1. The van der Waals surface area contributed by atoms with E-state index >= 15 is 0 Å². The summed E-state index contributed by atoms with van der Waals surface area (Å²) in [5, 5.41) is 17.7. The van der Waals surface area contributed by atoms with E-state index in [1.54, 1.807) is 0 Å². The molecule has 8 heteroatoms. The first-order chi connectivity index (χ1) is 13.3. The zero-order chi connectivity index (χ0) is 18.5. The van der Waals surface area contributed by atoms with E-state index in [2.05, 4.69) is 54.7 Å². The summed E-state index contributed by atoms with van der Waals surface area (Å²) < 4.78 is 2.21. The average Bonchev–Trinajstić information content (AvgIpc) is 3.46. The minimum absolute atomic E-state index is 0.411. The summed E-state index contributed by atoms with van der Waals surface area (Å²) in [5.41, 5.74) is 0. The lowest BCUT2D eigenvalue weighted by Crippen LogP contribution is -2.42. The minimum atomic E-state index is 0.411. The van der Waals surface area contributed by atoms with Crippen LogP contribution < -0.4 is 10.6 Å². The van der Waals surface area contributed by atoms with Crippen LogP contribution in [0.25, 0.3) is 0 Å². The normalized spacial score (nSPS) is 18.6. The number of aliphatic imine (C=N–C) groups is 1. The lowest BCUT2D eigenvalue weighted by molar-refractivity contribution is 0.249. The van der Waals surface area contributed by atoms with Gasteiger partial charge in [-0.3, -0.25) is 4.90 Å². The van der Waals surface area contributed by atoms with Crippen molar-refractivity contribution < 1.29 is 0 Å². The van der Waals surface area contributed by atoms with Gasteiger partial charge in [-0.15, -0.1) is 21.5 Å². The van der Waals surface area contributed by atoms with Crippen LogP contribution in [0.15, 0.2) is 22.5 Å². The van der Waals surface area contributed by atoms with Crippen LogP contribution in [0.4, 0.5) is 0 Å². The molecule has 0 saturated carbocycles. The van der Waals surface area contributed by atoms with E-state index in [4.69, 9.17) is 4.99 Å². The van der Waals surface area contributed by atoms with Crippen LogP contribution in [0.5, 0.6) is 0 Å². The van der Waals surface area contributed by atoms with Crippen molar-refractivity contribution in [1.82, 2.24) is 30.3 Å². The molecule has 0 spiro atoms. The molecule has 2 aliphatic rings. The highest BCUT2D eigenvalue weighted by molar-refractivity contribution is 7.10. The van der Waals surface area contributed by atoms with Gasteiger partial charge in [-0.25, -0.2) is 4.99 Å². The third-order valence-corrected chi connectivity index (χ3v) is 6.30. The number of guanidine groups is 1. The summed E-state index contributed by atoms with van der Waals surface area (Å²) in [6, 6.07) is 4.81. The molecule has 4 heterocycles. The summed E-state index contributed by atoms with van der Waals surface area (Å²) in [7, 11) is 0. The maximum Gasteiger partial charge on any atom is 0.191 e. The predicted molar refractivity (Wildman–Crippen MR) is 109 cm³/mol. The van der Waals surface area contributed by atoms with E-state index in [0.717, 1.165) is 50.1 Å². The Morgan fingerprint density at radius 1 is 1.22 bits per heavy atom. The highest BCUT2D eigenvalue weighted by Crippen LogP contribution is 2.27. The Balaban J connectivity index is 1.42. The van der Waals surface area contributed by atoms with Crippen LogP contribution in [0.1, 0.15) is 48.8 Å². The van der Waals surface area contributed by atoms with Gasteiger partial charge in [-0.1, -0.05) is 6.07 Å². The van der Waals surface area contributed by atoms with Crippen molar-refractivity contribution in [2.45, 2.75) is 51.7 Å². The highest BCUT2D eigenvalue weighted by Gasteiger charge is 2.24. The Hall–Kier alpha value is -1.93. The quantitative estimate of drug-likeness (QED) is 0.563. The molecule has 2 aromatic heterocycles. The van der Waals surface area contributed by atoms with Crippen molar-refractivity contribution in [3.05, 3.63) is 34.0 Å². The Bertz CT molecular complexity index is 746. The molecule has 0 aliphatic carbocycles. The monoisotopic (exact) mass is 387 g/mol. The average molecular weight is 388 g/mol. The molecule has 27 heavy (non-hydrogen) atoms. The van der Waals surface area contributed by atoms with Crippen LogP contribution >= 0.6 is 11.3 Å². The molecule has 4 rings (SSSR count). The number of nitrogens with zero attached hydrogens (tertiary/aromatic N) is 5. The van der Waals surface area contributed by atoms with Gasteiger partial charge in [0.2, 0.25) is 0 Å². The van der Waals surface area contributed by atoms with Crippen molar-refractivity contribution in [2.24, 2.45) is 4.99 Å². The van der Waals surface area contributed by atoms with Crippen molar-refractivity contribution in [3.63, 3.8) is 0 Å². The number of hydrogen-bond acceptors (Lipinski definition) is 5. The molecular weight excluding hydrogens is 358 g/mol. The third kappa shape index (κ3) is 4.32. The van der Waals surface area contributed by atoms with E-state index in [1.807, 2.05) is 11.3 Å². The molecule has 2 N–H and O–H groups in total. The second-order valence-corrected chi connectivity index (χ2v) is 8.12. The molecule has 0 aromatic carbocycles. The van der Waals surface area contributed by atoms with Gasteiger partial charge in [0.15, 0.2) is 11.8 Å². The first kappa shape index (κ1) is 18.4. The van der Waals surface area contributed by atoms with Crippen LogP contribution in [0.2, 0.25) is 0 Å². The molecule has 0 bridgehead atoms. The first-order valence-electron chi connectivity index (χ1n) is 10.1. The van der Waals surface area contributed by atoms with Crippen LogP contribution in [-0.4, -0.2) is 51.8 Å². The summed E-state index contributed by atoms with van der Waals surface area (Å²) in [4.78, 5) is 8.79. The Morgan fingerprint density at radius 2 is 2.11 bits per heavy atom. The minimum Gasteiger partial charge on any atom is -0.357 e. The van der Waals surface area contributed by atoms with Crippen LogP contribution in [0, 0.1) is 0 Å². The molecule has 2 aromatic rings. The van der Waals surface area contributed by atoms with E-state index < -0.39 is 0 Å². The van der Waals surface area contributed by atoms with Crippen LogP contribution in [0.3, 0.4) is 0 Å². The lowest BCUT2D eigenvalue weighted by Gasteiger charge is -2.27. The number of rotatable bonds is 7. The summed E-state index contributed by atoms with van der Waals surface area (Å²) >= 11 is 1.84. The van der Waals surface area contributed by atoms with Gasteiger partial charge in [0.1, 0.15) is 12.4 Å². The van der Waals surface area contributed by atoms with E-state index in [9.17, 15) is 0 Å². The Kier molecular flexibility index (Phi) is 6.03. The molecule has 7 nitrogen and oxygen atoms in total. The molecule has 1 saturated heterocycles. The molecule has 0 radical (unpaired) electrons. The molecule has 2 aliphatic heterocycles. The maximum absolute atomic E-state index is 4.77. The molecule has 1 atom stereocenters. The predicted octanol–water partition coefficient (Wildman–Crippen LogP) is 2.18. The first-order valence-corrected chi connectivity index (χ1v) is 10.9. The number of thiophene rings is 1. The van der Waals surface area contributed by atoms with Crippen molar-refractivity contribution in [2.75, 3.05) is 26.2 Å². The van der Waals surface area contributed by atoms with Crippen molar-refractivity contribution in [1.29, 1.82) is 0 Å². The van der Waals surface area contributed by atoms with Crippen molar-refractivity contribution in [3.8, 4) is 0 Å². The van der Waals surface area contributed by atoms with E-state index in [0.29, 0.717) is 12.6 Å². The van der Waals surface area contributed by atoms with Gasteiger partial charge in [0, 0.05) is 30.9 Å². The maximum atomic E-state index is 4.77. The zero-order valence-electron chi connectivity index (χ0n) is 16.0. The number of nitrogens with one attached hydrogen (secondary N) is 2. The summed E-state index contributed by atoms with van der Waals surface area (Å²) in [6.45, 7) is 7.76. The van der Waals surface area contributed by atoms with Gasteiger partial charge in [0.05, 0.1) is 6.04 Å². The molecular formula is C19H29N7S. The SMILES string of the molecule is CCNC(=NCc1nnc2n1CCC2)NCC(c1cccs1)N1CCCC1. The van der Waals surface area contributed by atoms with Gasteiger partial charge in [-0.2, -0.15) is 0 Å². The van der Waals surface area contributed by atoms with Gasteiger partial charge < -0.3 is 15.2 Å². The number of aromatic nitrogens is 3. The topological polar surface area (TPSA) is 70.4 Å². The van der Waals surface area contributed by atoms with Crippen LogP contribution in [-0.2, 0) is 19.5 Å². The molecule has 1 unspecified atom stereocenters. The lowest BCUT2D eigenvalue weighted by atomic mass is 10.2. The van der Waals surface area contributed by atoms with Gasteiger partial charge in [-0.05, 0) is 50.7 Å². The number of hydrogen-bond donors (Lipinski definition) is 2. The second-order valence-electron chi connectivity index (χ2n) is 7.14. The number of aryl methyl sites for hydroxylation is 1. The fraction of sp³-hybridized carbons (Fsp3) is 0.632. The molecule has 146 valence electrons. The fourth-order valence-electron chi connectivity index (χ4n) is 3.96. The zero-order valence-corrected chi connectivity index (χ0v) is 16.8. The second kappa shape index (κ2) is 8.84. The smallest absolute Gasteiger partial charge is 0.191 e. The Labute approximate surface area is 164 Å².